The summed E-state index contributed by atoms with van der Waals surface area (Å²) in [5.74, 6) is -3.09. The van der Waals surface area contributed by atoms with Crippen LogP contribution >= 0.6 is 11.8 Å². The van der Waals surface area contributed by atoms with Crippen molar-refractivity contribution >= 4 is 23.6 Å². The van der Waals surface area contributed by atoms with Gasteiger partial charge in [0.15, 0.2) is 0 Å². The number of H-pyrrole nitrogens is 1. The van der Waals surface area contributed by atoms with Crippen LogP contribution in [0, 0.1) is 0 Å². The fourth-order valence-corrected chi connectivity index (χ4v) is 2.06. The normalized spacial score (nSPS) is 10.6. The lowest BCUT2D eigenvalue weighted by atomic mass is 10.2. The first kappa shape index (κ1) is 14.3. The Morgan fingerprint density at radius 2 is 2.20 bits per heavy atom. The third-order valence-electron chi connectivity index (χ3n) is 2.23. The summed E-state index contributed by atoms with van der Waals surface area (Å²) in [5, 5.41) is 8.52. The van der Waals surface area contributed by atoms with Gasteiger partial charge < -0.3 is 4.74 Å². The van der Waals surface area contributed by atoms with Crippen molar-refractivity contribution in [2.24, 2.45) is 0 Å². The number of ether oxygens (including phenoxy) is 1. The zero-order valence-corrected chi connectivity index (χ0v) is 11.1. The summed E-state index contributed by atoms with van der Waals surface area (Å²) in [6, 6.07) is 6.14. The van der Waals surface area contributed by atoms with Crippen molar-refractivity contribution in [1.29, 1.82) is 0 Å². The molecular weight excluding hydrogens is 290 g/mol. The Morgan fingerprint density at radius 3 is 2.85 bits per heavy atom. The molecule has 106 valence electrons. The van der Waals surface area contributed by atoms with E-state index in [1.54, 1.807) is 12.1 Å². The number of hydrogen-bond donors (Lipinski definition) is 2. The van der Waals surface area contributed by atoms with E-state index in [4.69, 9.17) is 4.74 Å². The molecule has 9 heteroatoms. The predicted octanol–water partition coefficient (Wildman–Crippen LogP) is 2.38. The average molecular weight is 300 g/mol. The van der Waals surface area contributed by atoms with Gasteiger partial charge in [0.1, 0.15) is 0 Å². The van der Waals surface area contributed by atoms with Gasteiger partial charge in [0, 0.05) is 4.90 Å². The molecule has 0 radical (unpaired) electrons. The van der Waals surface area contributed by atoms with Crippen molar-refractivity contribution in [3.05, 3.63) is 29.8 Å². The number of nitrogens with zero attached hydrogens (tertiary/aromatic N) is 2. The number of thioether (sulfide) groups is 1. The van der Waals surface area contributed by atoms with Gasteiger partial charge in [-0.15, -0.1) is 5.10 Å². The standard InChI is InChI=1S/C11H10F2N4O2S/c1-19-11-15-10(16-17-11)14-8(18)6-4-2-3-5-7(6)20-9(12)13/h2-5,9H,1H3,(H2,14,15,16,17,18). The lowest BCUT2D eigenvalue weighted by molar-refractivity contribution is 0.102. The Hall–Kier alpha value is -2.16. The zero-order valence-electron chi connectivity index (χ0n) is 10.3. The highest BCUT2D eigenvalue weighted by molar-refractivity contribution is 7.99. The number of anilines is 1. The number of nitrogens with one attached hydrogen (secondary N) is 2. The molecule has 2 aromatic rings. The van der Waals surface area contributed by atoms with Crippen molar-refractivity contribution < 1.29 is 18.3 Å². The summed E-state index contributed by atoms with van der Waals surface area (Å²) in [4.78, 5) is 16.0. The molecule has 0 unspecified atom stereocenters. The van der Waals surface area contributed by atoms with E-state index < -0.39 is 11.7 Å². The van der Waals surface area contributed by atoms with E-state index in [0.717, 1.165) is 0 Å². The molecule has 1 heterocycles. The quantitative estimate of drug-likeness (QED) is 0.829. The Labute approximate surface area is 116 Å². The highest BCUT2D eigenvalue weighted by Gasteiger charge is 2.16. The van der Waals surface area contributed by atoms with E-state index >= 15 is 0 Å². The summed E-state index contributed by atoms with van der Waals surface area (Å²) >= 11 is 0.309. The summed E-state index contributed by atoms with van der Waals surface area (Å²) in [7, 11) is 1.38. The molecule has 0 aliphatic carbocycles. The molecule has 2 rings (SSSR count). The molecule has 20 heavy (non-hydrogen) atoms. The third-order valence-corrected chi connectivity index (χ3v) is 3.02. The molecule has 0 aliphatic heterocycles. The fourth-order valence-electron chi connectivity index (χ4n) is 1.42. The Bertz CT molecular complexity index is 606. The van der Waals surface area contributed by atoms with Crippen molar-refractivity contribution in [1.82, 2.24) is 15.2 Å². The maximum atomic E-state index is 12.4. The fraction of sp³-hybridized carbons (Fsp3) is 0.182. The molecule has 0 bridgehead atoms. The van der Waals surface area contributed by atoms with Crippen molar-refractivity contribution in [3.63, 3.8) is 0 Å². The third kappa shape index (κ3) is 3.44. The number of carbonyl (C=O) groups excluding carboxylic acids is 1. The summed E-state index contributed by atoms with van der Waals surface area (Å²) in [6.45, 7) is 0. The molecule has 0 saturated heterocycles. The van der Waals surface area contributed by atoms with E-state index in [2.05, 4.69) is 20.5 Å². The maximum Gasteiger partial charge on any atom is 0.336 e. The Balaban J connectivity index is 2.16. The van der Waals surface area contributed by atoms with Gasteiger partial charge in [0.25, 0.3) is 11.7 Å². The number of rotatable bonds is 5. The molecule has 1 aromatic carbocycles. The largest absolute Gasteiger partial charge is 0.466 e. The number of alkyl halides is 2. The average Bonchev–Trinajstić information content (AvgIpc) is 2.86. The Kier molecular flexibility index (Phi) is 4.51. The number of benzene rings is 1. The number of halogens is 2. The first-order chi connectivity index (χ1) is 9.60. The second-order valence-electron chi connectivity index (χ2n) is 3.50. The van der Waals surface area contributed by atoms with Crippen LogP contribution in [0.5, 0.6) is 6.01 Å². The molecular formula is C11H10F2N4O2S. The van der Waals surface area contributed by atoms with Gasteiger partial charge in [-0.25, -0.2) is 5.10 Å². The van der Waals surface area contributed by atoms with Gasteiger partial charge in [-0.2, -0.15) is 13.8 Å². The number of aromatic nitrogens is 3. The van der Waals surface area contributed by atoms with Crippen LogP contribution in [0.25, 0.3) is 0 Å². The number of aromatic amines is 1. The van der Waals surface area contributed by atoms with Crippen LogP contribution in [0.4, 0.5) is 14.7 Å². The molecule has 0 saturated carbocycles. The van der Waals surface area contributed by atoms with Crippen molar-refractivity contribution in [2.45, 2.75) is 10.7 Å². The summed E-state index contributed by atoms with van der Waals surface area (Å²) in [5.41, 5.74) is 0.133. The Morgan fingerprint density at radius 1 is 1.45 bits per heavy atom. The molecule has 1 aromatic heterocycles. The summed E-state index contributed by atoms with van der Waals surface area (Å²) in [6.07, 6.45) is 0. The SMILES string of the molecule is COc1n[nH]c(NC(=O)c2ccccc2SC(F)F)n1. The molecule has 0 fully saturated rings. The molecule has 1 amide bonds. The zero-order chi connectivity index (χ0) is 14.5. The number of methoxy groups -OCH3 is 1. The number of amides is 1. The van der Waals surface area contributed by atoms with E-state index in [1.807, 2.05) is 0 Å². The van der Waals surface area contributed by atoms with Gasteiger partial charge >= 0.3 is 6.01 Å². The van der Waals surface area contributed by atoms with E-state index in [1.165, 1.54) is 19.2 Å². The molecule has 6 nitrogen and oxygen atoms in total. The van der Waals surface area contributed by atoms with Gasteiger partial charge in [0.05, 0.1) is 12.7 Å². The molecule has 0 aliphatic rings. The van der Waals surface area contributed by atoms with Gasteiger partial charge in [-0.1, -0.05) is 23.9 Å². The molecule has 2 N–H and O–H groups in total. The van der Waals surface area contributed by atoms with Crippen molar-refractivity contribution in [2.75, 3.05) is 12.4 Å². The van der Waals surface area contributed by atoms with Crippen molar-refractivity contribution in [3.8, 4) is 6.01 Å². The van der Waals surface area contributed by atoms with Crippen LogP contribution < -0.4 is 10.1 Å². The smallest absolute Gasteiger partial charge is 0.336 e. The maximum absolute atomic E-state index is 12.4. The van der Waals surface area contributed by atoms with Crippen LogP contribution in [0.15, 0.2) is 29.2 Å². The topological polar surface area (TPSA) is 79.9 Å². The van der Waals surface area contributed by atoms with Crippen LogP contribution in [0.2, 0.25) is 0 Å². The van der Waals surface area contributed by atoms with Crippen LogP contribution in [-0.2, 0) is 0 Å². The lowest BCUT2D eigenvalue weighted by Crippen LogP contribution is -2.14. The second kappa shape index (κ2) is 6.33. The van der Waals surface area contributed by atoms with Crippen LogP contribution in [0.3, 0.4) is 0 Å². The minimum absolute atomic E-state index is 0.0653. The van der Waals surface area contributed by atoms with E-state index in [-0.39, 0.29) is 22.4 Å². The predicted molar refractivity (Wildman–Crippen MR) is 69.2 cm³/mol. The first-order valence-corrected chi connectivity index (χ1v) is 6.29. The molecule has 0 spiro atoms. The van der Waals surface area contributed by atoms with Crippen LogP contribution in [0.1, 0.15) is 10.4 Å². The van der Waals surface area contributed by atoms with Crippen LogP contribution in [-0.4, -0.2) is 34.0 Å². The van der Waals surface area contributed by atoms with E-state index in [9.17, 15) is 13.6 Å². The monoisotopic (exact) mass is 300 g/mol. The van der Waals surface area contributed by atoms with E-state index in [0.29, 0.717) is 11.8 Å². The first-order valence-electron chi connectivity index (χ1n) is 5.41. The van der Waals surface area contributed by atoms with Gasteiger partial charge in [-0.3, -0.25) is 10.1 Å². The van der Waals surface area contributed by atoms with Gasteiger partial charge in [-0.05, 0) is 12.1 Å². The lowest BCUT2D eigenvalue weighted by Gasteiger charge is -2.07. The minimum atomic E-state index is -2.60. The minimum Gasteiger partial charge on any atom is -0.466 e. The number of carbonyl (C=O) groups is 1. The molecule has 0 atom stereocenters. The summed E-state index contributed by atoms with van der Waals surface area (Å²) < 4.78 is 29.6. The second-order valence-corrected chi connectivity index (χ2v) is 4.53. The van der Waals surface area contributed by atoms with Gasteiger partial charge in [0.2, 0.25) is 5.95 Å². The number of hydrogen-bond acceptors (Lipinski definition) is 5. The highest BCUT2D eigenvalue weighted by atomic mass is 32.2. The highest BCUT2D eigenvalue weighted by Crippen LogP contribution is 2.28.